The maximum Gasteiger partial charge on any atom is 0.0587 e. The van der Waals surface area contributed by atoms with Crippen molar-refractivity contribution < 1.29 is 4.74 Å². The first kappa shape index (κ1) is 9.44. The lowest BCUT2D eigenvalue weighted by molar-refractivity contribution is -0.0458. The van der Waals surface area contributed by atoms with Gasteiger partial charge in [0.1, 0.15) is 0 Å². The van der Waals surface area contributed by atoms with Crippen LogP contribution in [0.5, 0.6) is 0 Å². The van der Waals surface area contributed by atoms with Gasteiger partial charge < -0.3 is 10.5 Å². The fourth-order valence-corrected chi connectivity index (χ4v) is 2.32. The zero-order chi connectivity index (χ0) is 9.26. The summed E-state index contributed by atoms with van der Waals surface area (Å²) in [6.07, 6.45) is 4.05. The molecule has 0 amide bonds. The number of rotatable bonds is 2. The highest BCUT2D eigenvalue weighted by Crippen LogP contribution is 2.24. The van der Waals surface area contributed by atoms with Crippen LogP contribution in [0.25, 0.3) is 0 Å². The number of hydrogen-bond acceptors (Lipinski definition) is 3. The summed E-state index contributed by atoms with van der Waals surface area (Å²) in [7, 11) is 0. The van der Waals surface area contributed by atoms with Crippen LogP contribution in [-0.2, 0) is 4.74 Å². The quantitative estimate of drug-likeness (QED) is 0.682. The summed E-state index contributed by atoms with van der Waals surface area (Å²) in [4.78, 5) is 2.51. The van der Waals surface area contributed by atoms with E-state index < -0.39 is 0 Å². The zero-order valence-electron chi connectivity index (χ0n) is 8.41. The van der Waals surface area contributed by atoms with E-state index >= 15 is 0 Å². The second-order valence-corrected chi connectivity index (χ2v) is 4.29. The molecule has 0 aromatic carbocycles. The van der Waals surface area contributed by atoms with Crippen LogP contribution in [0.1, 0.15) is 26.2 Å². The molecular formula is C10H20N2O. The molecule has 0 bridgehead atoms. The lowest BCUT2D eigenvalue weighted by Gasteiger charge is -2.45. The Morgan fingerprint density at radius 3 is 2.85 bits per heavy atom. The molecule has 2 fully saturated rings. The van der Waals surface area contributed by atoms with Gasteiger partial charge in [-0.25, -0.2) is 0 Å². The normalized spacial score (nSPS) is 37.4. The molecule has 0 spiro atoms. The highest BCUT2D eigenvalue weighted by molar-refractivity contribution is 4.90. The molecule has 76 valence electrons. The van der Waals surface area contributed by atoms with E-state index in [1.54, 1.807) is 0 Å². The van der Waals surface area contributed by atoms with Crippen LogP contribution >= 0.6 is 0 Å². The number of nitrogens with zero attached hydrogens (tertiary/aromatic N) is 1. The van der Waals surface area contributed by atoms with Gasteiger partial charge in [-0.15, -0.1) is 0 Å². The lowest BCUT2D eigenvalue weighted by Crippen LogP contribution is -2.60. The Morgan fingerprint density at radius 2 is 2.23 bits per heavy atom. The van der Waals surface area contributed by atoms with Gasteiger partial charge >= 0.3 is 0 Å². The Hall–Kier alpha value is -0.120. The molecule has 2 unspecified atom stereocenters. The van der Waals surface area contributed by atoms with Crippen LogP contribution in [0.15, 0.2) is 0 Å². The first-order valence-electron chi connectivity index (χ1n) is 5.40. The highest BCUT2D eigenvalue weighted by atomic mass is 16.5. The van der Waals surface area contributed by atoms with Crippen molar-refractivity contribution in [3.63, 3.8) is 0 Å². The minimum atomic E-state index is 0.433. The van der Waals surface area contributed by atoms with E-state index in [0.29, 0.717) is 12.1 Å². The Labute approximate surface area is 80.2 Å². The molecule has 0 aromatic rings. The van der Waals surface area contributed by atoms with Crippen molar-refractivity contribution >= 4 is 0 Å². The van der Waals surface area contributed by atoms with Gasteiger partial charge in [0.2, 0.25) is 0 Å². The summed E-state index contributed by atoms with van der Waals surface area (Å²) < 4.78 is 5.65. The molecule has 2 rings (SSSR count). The minimum Gasteiger partial charge on any atom is -0.378 e. The smallest absolute Gasteiger partial charge is 0.0587 e. The zero-order valence-corrected chi connectivity index (χ0v) is 8.41. The third-order valence-electron chi connectivity index (χ3n) is 3.25. The topological polar surface area (TPSA) is 38.5 Å². The lowest BCUT2D eigenvalue weighted by atomic mass is 9.96. The molecule has 0 aliphatic carbocycles. The first-order chi connectivity index (χ1) is 6.29. The highest BCUT2D eigenvalue weighted by Gasteiger charge is 2.33. The molecule has 0 aromatic heterocycles. The number of likely N-dealkylation sites (tertiary alicyclic amines) is 1. The molecular weight excluding hydrogens is 164 g/mol. The van der Waals surface area contributed by atoms with Crippen LogP contribution in [0.4, 0.5) is 0 Å². The SMILES string of the molecule is CCC1CC(N2CC(N)C2)CCO1. The maximum absolute atomic E-state index is 5.77. The maximum atomic E-state index is 5.77. The fourth-order valence-electron chi connectivity index (χ4n) is 2.32. The Balaban J connectivity index is 1.79. The van der Waals surface area contributed by atoms with Gasteiger partial charge in [0.05, 0.1) is 6.10 Å². The predicted octanol–water partition coefficient (Wildman–Crippen LogP) is 0.587. The Kier molecular flexibility index (Phi) is 2.86. The van der Waals surface area contributed by atoms with E-state index in [1.165, 1.54) is 12.8 Å². The van der Waals surface area contributed by atoms with Crippen LogP contribution in [-0.4, -0.2) is 42.8 Å². The van der Waals surface area contributed by atoms with Crippen molar-refractivity contribution in [2.75, 3.05) is 19.7 Å². The minimum absolute atomic E-state index is 0.433. The van der Waals surface area contributed by atoms with Crippen molar-refractivity contribution in [1.82, 2.24) is 4.90 Å². The number of ether oxygens (including phenoxy) is 1. The summed E-state index contributed by atoms with van der Waals surface area (Å²) >= 11 is 0. The molecule has 2 atom stereocenters. The van der Waals surface area contributed by atoms with Crippen molar-refractivity contribution in [1.29, 1.82) is 0 Å². The summed E-state index contributed by atoms with van der Waals surface area (Å²) in [6.45, 7) is 5.34. The molecule has 3 nitrogen and oxygen atoms in total. The number of nitrogens with two attached hydrogens (primary N) is 1. The van der Waals surface area contributed by atoms with Gasteiger partial charge in [-0.2, -0.15) is 0 Å². The van der Waals surface area contributed by atoms with Crippen LogP contribution in [0.2, 0.25) is 0 Å². The van der Waals surface area contributed by atoms with E-state index in [9.17, 15) is 0 Å². The van der Waals surface area contributed by atoms with E-state index in [0.717, 1.165) is 32.2 Å². The van der Waals surface area contributed by atoms with E-state index in [1.807, 2.05) is 0 Å². The largest absolute Gasteiger partial charge is 0.378 e. The average Bonchev–Trinajstić information content (AvgIpc) is 2.13. The van der Waals surface area contributed by atoms with E-state index in [4.69, 9.17) is 10.5 Å². The summed E-state index contributed by atoms with van der Waals surface area (Å²) in [6, 6.07) is 1.18. The van der Waals surface area contributed by atoms with Gasteiger partial charge in [-0.05, 0) is 19.3 Å². The van der Waals surface area contributed by atoms with Gasteiger partial charge in [0.25, 0.3) is 0 Å². The van der Waals surface area contributed by atoms with Gasteiger partial charge in [-0.1, -0.05) is 6.92 Å². The predicted molar refractivity (Wildman–Crippen MR) is 52.6 cm³/mol. The monoisotopic (exact) mass is 184 g/mol. The summed E-state index contributed by atoms with van der Waals surface area (Å²) in [5.74, 6) is 0. The standard InChI is InChI=1S/C10H20N2O/c1-2-10-5-9(3-4-13-10)12-6-8(11)7-12/h8-10H,2-7,11H2,1H3. The summed E-state index contributed by atoms with van der Waals surface area (Å²) in [5, 5.41) is 0. The van der Waals surface area contributed by atoms with Gasteiger partial charge in [0.15, 0.2) is 0 Å². The third kappa shape index (κ3) is 2.03. The van der Waals surface area contributed by atoms with Crippen molar-refractivity contribution in [3.05, 3.63) is 0 Å². The van der Waals surface area contributed by atoms with Crippen molar-refractivity contribution in [3.8, 4) is 0 Å². The molecule has 0 saturated carbocycles. The molecule has 2 aliphatic rings. The van der Waals surface area contributed by atoms with Gasteiger partial charge in [0, 0.05) is 31.8 Å². The molecule has 2 aliphatic heterocycles. The Bertz CT molecular complexity index is 168. The number of hydrogen-bond donors (Lipinski definition) is 1. The second-order valence-electron chi connectivity index (χ2n) is 4.29. The molecule has 2 heterocycles. The average molecular weight is 184 g/mol. The molecule has 0 radical (unpaired) electrons. The van der Waals surface area contributed by atoms with Crippen molar-refractivity contribution in [2.45, 2.75) is 44.4 Å². The van der Waals surface area contributed by atoms with Crippen LogP contribution < -0.4 is 5.73 Å². The molecule has 2 saturated heterocycles. The van der Waals surface area contributed by atoms with Gasteiger partial charge in [-0.3, -0.25) is 4.90 Å². The fraction of sp³-hybridized carbons (Fsp3) is 1.00. The van der Waals surface area contributed by atoms with E-state index in [-0.39, 0.29) is 0 Å². The van der Waals surface area contributed by atoms with E-state index in [2.05, 4.69) is 11.8 Å². The summed E-state index contributed by atoms with van der Waals surface area (Å²) in [5.41, 5.74) is 5.77. The molecule has 2 N–H and O–H groups in total. The first-order valence-corrected chi connectivity index (χ1v) is 5.40. The van der Waals surface area contributed by atoms with Crippen LogP contribution in [0.3, 0.4) is 0 Å². The van der Waals surface area contributed by atoms with Crippen LogP contribution in [0, 0.1) is 0 Å². The molecule has 13 heavy (non-hydrogen) atoms. The Morgan fingerprint density at radius 1 is 1.46 bits per heavy atom. The third-order valence-corrected chi connectivity index (χ3v) is 3.25. The van der Waals surface area contributed by atoms with Crippen molar-refractivity contribution in [2.24, 2.45) is 5.73 Å². The second kappa shape index (κ2) is 3.95. The molecule has 3 heteroatoms.